The minimum Gasteiger partial charge on any atom is -0.387 e. The zero-order valence-electron chi connectivity index (χ0n) is 11.6. The lowest BCUT2D eigenvalue weighted by Gasteiger charge is -2.20. The summed E-state index contributed by atoms with van der Waals surface area (Å²) in [4.78, 5) is 11.6. The molecule has 0 aliphatic heterocycles. The summed E-state index contributed by atoms with van der Waals surface area (Å²) in [5.41, 5.74) is -1.32. The second kappa shape index (κ2) is 5.83. The number of carbonyl (C=O) groups is 1. The van der Waals surface area contributed by atoms with E-state index < -0.39 is 23.3 Å². The normalized spacial score (nSPS) is 13.9. The summed E-state index contributed by atoms with van der Waals surface area (Å²) < 4.78 is 37.7. The Balaban J connectivity index is 2.74. The zero-order valence-corrected chi connectivity index (χ0v) is 11.6. The lowest BCUT2D eigenvalue weighted by atomic mass is 9.95. The summed E-state index contributed by atoms with van der Waals surface area (Å²) in [5.74, 6) is -0.275. The van der Waals surface area contributed by atoms with E-state index in [0.717, 1.165) is 12.1 Å². The maximum atomic E-state index is 12.6. The largest absolute Gasteiger partial charge is 0.416 e. The van der Waals surface area contributed by atoms with Gasteiger partial charge < -0.3 is 10.4 Å². The number of hydrogen-bond acceptors (Lipinski definition) is 2. The molecule has 0 aromatic heterocycles. The Kier molecular flexibility index (Phi) is 4.81. The molecule has 1 rings (SSSR count). The molecule has 0 aliphatic carbocycles. The van der Waals surface area contributed by atoms with Gasteiger partial charge in [0.2, 0.25) is 5.91 Å². The van der Waals surface area contributed by atoms with Crippen LogP contribution < -0.4 is 5.32 Å². The van der Waals surface area contributed by atoms with Crippen molar-refractivity contribution in [3.63, 3.8) is 0 Å². The fourth-order valence-corrected chi connectivity index (χ4v) is 1.49. The first-order chi connectivity index (χ1) is 9.01. The number of benzene rings is 1. The van der Waals surface area contributed by atoms with Crippen LogP contribution in [-0.4, -0.2) is 17.6 Å². The monoisotopic (exact) mass is 289 g/mol. The van der Waals surface area contributed by atoms with Crippen LogP contribution in [0.5, 0.6) is 0 Å². The highest BCUT2D eigenvalue weighted by Gasteiger charge is 2.31. The number of carbonyl (C=O) groups excluding carboxylic acids is 1. The van der Waals surface area contributed by atoms with Gasteiger partial charge in [0.25, 0.3) is 0 Å². The standard InChI is InChI=1S/C14H18F3NO2/c1-13(2,3)12(20)18-8-11(19)9-5-4-6-10(7-9)14(15,16)17/h4-7,11,19H,8H2,1-3H3,(H,18,20)/t11-/m1/s1. The first-order valence-corrected chi connectivity index (χ1v) is 6.15. The molecule has 0 aliphatic rings. The molecule has 0 saturated heterocycles. The average molecular weight is 289 g/mol. The first-order valence-electron chi connectivity index (χ1n) is 6.15. The molecule has 1 amide bonds. The Hall–Kier alpha value is -1.56. The number of nitrogens with one attached hydrogen (secondary N) is 1. The number of halogens is 3. The van der Waals surface area contributed by atoms with Gasteiger partial charge >= 0.3 is 6.18 Å². The first kappa shape index (κ1) is 16.5. The molecule has 3 nitrogen and oxygen atoms in total. The van der Waals surface area contributed by atoms with Crippen molar-refractivity contribution in [3.8, 4) is 0 Å². The maximum Gasteiger partial charge on any atom is 0.416 e. The molecular weight excluding hydrogens is 271 g/mol. The van der Waals surface area contributed by atoms with Crippen molar-refractivity contribution in [2.24, 2.45) is 5.41 Å². The molecule has 112 valence electrons. The van der Waals surface area contributed by atoms with Crippen LogP contribution in [0, 0.1) is 5.41 Å². The molecular formula is C14H18F3NO2. The van der Waals surface area contributed by atoms with Crippen molar-refractivity contribution in [1.29, 1.82) is 0 Å². The Morgan fingerprint density at radius 3 is 2.40 bits per heavy atom. The van der Waals surface area contributed by atoms with E-state index in [1.807, 2.05) is 0 Å². The van der Waals surface area contributed by atoms with E-state index in [9.17, 15) is 23.1 Å². The van der Waals surface area contributed by atoms with Crippen LogP contribution in [0.25, 0.3) is 0 Å². The molecule has 0 heterocycles. The summed E-state index contributed by atoms with van der Waals surface area (Å²) >= 11 is 0. The molecule has 0 saturated carbocycles. The van der Waals surface area contributed by atoms with Crippen LogP contribution in [0.4, 0.5) is 13.2 Å². The van der Waals surface area contributed by atoms with Crippen LogP contribution in [0.1, 0.15) is 38.0 Å². The molecule has 1 aromatic rings. The molecule has 1 aromatic carbocycles. The van der Waals surface area contributed by atoms with Gasteiger partial charge in [-0.15, -0.1) is 0 Å². The molecule has 6 heteroatoms. The topological polar surface area (TPSA) is 49.3 Å². The van der Waals surface area contributed by atoms with E-state index in [0.29, 0.717) is 0 Å². The van der Waals surface area contributed by atoms with Gasteiger partial charge in [0.1, 0.15) is 0 Å². The fourth-order valence-electron chi connectivity index (χ4n) is 1.49. The van der Waals surface area contributed by atoms with E-state index in [4.69, 9.17) is 0 Å². The molecule has 0 bridgehead atoms. The Labute approximate surface area is 115 Å². The molecule has 0 fully saturated rings. The van der Waals surface area contributed by atoms with Gasteiger partial charge in [0.05, 0.1) is 11.7 Å². The third-order valence-corrected chi connectivity index (χ3v) is 2.74. The van der Waals surface area contributed by atoms with Crippen molar-refractivity contribution in [1.82, 2.24) is 5.32 Å². The number of aliphatic hydroxyl groups excluding tert-OH is 1. The lowest BCUT2D eigenvalue weighted by molar-refractivity contribution is -0.137. The second-order valence-electron chi connectivity index (χ2n) is 5.60. The highest BCUT2D eigenvalue weighted by Crippen LogP contribution is 2.30. The van der Waals surface area contributed by atoms with E-state index in [1.165, 1.54) is 12.1 Å². The molecule has 0 radical (unpaired) electrons. The van der Waals surface area contributed by atoms with Gasteiger partial charge in [-0.05, 0) is 17.7 Å². The van der Waals surface area contributed by atoms with Gasteiger partial charge in [-0.25, -0.2) is 0 Å². The summed E-state index contributed by atoms with van der Waals surface area (Å²) in [6.07, 6.45) is -5.63. The predicted molar refractivity (Wildman–Crippen MR) is 68.9 cm³/mol. The van der Waals surface area contributed by atoms with Crippen molar-refractivity contribution >= 4 is 5.91 Å². The summed E-state index contributed by atoms with van der Waals surface area (Å²) in [5, 5.41) is 12.4. The highest BCUT2D eigenvalue weighted by atomic mass is 19.4. The molecule has 0 unspecified atom stereocenters. The van der Waals surface area contributed by atoms with Crippen molar-refractivity contribution in [3.05, 3.63) is 35.4 Å². The summed E-state index contributed by atoms with van der Waals surface area (Å²) in [6, 6.07) is 4.44. The molecule has 2 N–H and O–H groups in total. The molecule has 1 atom stereocenters. The van der Waals surface area contributed by atoms with Crippen LogP contribution in [0.15, 0.2) is 24.3 Å². The quantitative estimate of drug-likeness (QED) is 0.899. The van der Waals surface area contributed by atoms with Crippen LogP contribution in [-0.2, 0) is 11.0 Å². The highest BCUT2D eigenvalue weighted by molar-refractivity contribution is 5.81. The van der Waals surface area contributed by atoms with Gasteiger partial charge in [0.15, 0.2) is 0 Å². The van der Waals surface area contributed by atoms with E-state index >= 15 is 0 Å². The van der Waals surface area contributed by atoms with Crippen molar-refractivity contribution in [2.75, 3.05) is 6.54 Å². The van der Waals surface area contributed by atoms with Gasteiger partial charge in [0, 0.05) is 12.0 Å². The number of rotatable bonds is 3. The minimum atomic E-state index is -4.45. The number of amides is 1. The number of hydrogen-bond donors (Lipinski definition) is 2. The third kappa shape index (κ3) is 4.52. The minimum absolute atomic E-state index is 0.119. The Bertz CT molecular complexity index is 478. The van der Waals surface area contributed by atoms with Crippen LogP contribution in [0.3, 0.4) is 0 Å². The molecule has 20 heavy (non-hydrogen) atoms. The predicted octanol–water partition coefficient (Wildman–Crippen LogP) is 2.90. The Morgan fingerprint density at radius 2 is 1.90 bits per heavy atom. The van der Waals surface area contributed by atoms with Gasteiger partial charge in [-0.2, -0.15) is 13.2 Å². The lowest BCUT2D eigenvalue weighted by Crippen LogP contribution is -2.37. The van der Waals surface area contributed by atoms with Crippen molar-refractivity contribution < 1.29 is 23.1 Å². The van der Waals surface area contributed by atoms with Gasteiger partial charge in [-0.3, -0.25) is 4.79 Å². The van der Waals surface area contributed by atoms with Crippen LogP contribution in [0.2, 0.25) is 0 Å². The number of alkyl halides is 3. The van der Waals surface area contributed by atoms with E-state index in [1.54, 1.807) is 20.8 Å². The van der Waals surface area contributed by atoms with Crippen LogP contribution >= 0.6 is 0 Å². The van der Waals surface area contributed by atoms with Gasteiger partial charge in [-0.1, -0.05) is 32.9 Å². The Morgan fingerprint density at radius 1 is 1.30 bits per heavy atom. The SMILES string of the molecule is CC(C)(C)C(=O)NC[C@@H](O)c1cccc(C(F)(F)F)c1. The summed E-state index contributed by atoms with van der Waals surface area (Å²) in [6.45, 7) is 4.99. The zero-order chi connectivity index (χ0) is 15.6. The van der Waals surface area contributed by atoms with E-state index in [-0.39, 0.29) is 18.0 Å². The average Bonchev–Trinajstić information content (AvgIpc) is 2.33. The smallest absolute Gasteiger partial charge is 0.387 e. The molecule has 0 spiro atoms. The second-order valence-corrected chi connectivity index (χ2v) is 5.60. The maximum absolute atomic E-state index is 12.6. The third-order valence-electron chi connectivity index (χ3n) is 2.74. The fraction of sp³-hybridized carbons (Fsp3) is 0.500. The summed E-state index contributed by atoms with van der Waals surface area (Å²) in [7, 11) is 0. The van der Waals surface area contributed by atoms with E-state index in [2.05, 4.69) is 5.32 Å². The van der Waals surface area contributed by atoms with Crippen molar-refractivity contribution in [2.45, 2.75) is 33.1 Å². The number of aliphatic hydroxyl groups is 1.